The number of nitrogens with one attached hydrogen (secondary N) is 2. The lowest BCUT2D eigenvalue weighted by Gasteiger charge is -2.24. The maximum Gasteiger partial charge on any atom is 0.191 e. The number of aliphatic imine (C=N–C) groups is 1. The van der Waals surface area contributed by atoms with Gasteiger partial charge in [-0.25, -0.2) is 4.99 Å². The molecule has 1 heterocycles. The average molecular weight is 488 g/mol. The third-order valence-electron chi connectivity index (χ3n) is 5.09. The molecule has 0 bridgehead atoms. The first-order chi connectivity index (χ1) is 12.6. The van der Waals surface area contributed by atoms with Gasteiger partial charge in [-0.3, -0.25) is 4.90 Å². The fourth-order valence-corrected chi connectivity index (χ4v) is 3.31. The van der Waals surface area contributed by atoms with Crippen molar-refractivity contribution in [1.29, 1.82) is 0 Å². The van der Waals surface area contributed by atoms with E-state index in [1.807, 2.05) is 0 Å². The summed E-state index contributed by atoms with van der Waals surface area (Å²) in [6.45, 7) is 15.0. The van der Waals surface area contributed by atoms with Crippen molar-refractivity contribution in [2.45, 2.75) is 59.2 Å². The van der Waals surface area contributed by atoms with Gasteiger partial charge in [0.25, 0.3) is 0 Å². The molecule has 1 atom stereocenters. The van der Waals surface area contributed by atoms with Crippen molar-refractivity contribution in [3.8, 4) is 0 Å². The normalized spacial score (nSPS) is 19.8. The Morgan fingerprint density at radius 2 is 1.85 bits per heavy atom. The maximum atomic E-state index is 5.87. The topological polar surface area (TPSA) is 48.9 Å². The SMILES string of the molecule is CCNC(=NCc1ccccc1CN(CC)CC)NCC1(C)CCCO1.I. The van der Waals surface area contributed by atoms with E-state index in [4.69, 9.17) is 9.73 Å². The van der Waals surface area contributed by atoms with Crippen LogP contribution in [0.3, 0.4) is 0 Å². The highest BCUT2D eigenvalue weighted by Crippen LogP contribution is 2.23. The van der Waals surface area contributed by atoms with Gasteiger partial charge in [0.1, 0.15) is 0 Å². The van der Waals surface area contributed by atoms with Crippen LogP contribution >= 0.6 is 24.0 Å². The Morgan fingerprint density at radius 1 is 1.15 bits per heavy atom. The number of ether oxygens (including phenoxy) is 1. The Labute approximate surface area is 182 Å². The van der Waals surface area contributed by atoms with Gasteiger partial charge in [0.05, 0.1) is 12.1 Å². The summed E-state index contributed by atoms with van der Waals surface area (Å²) in [5.74, 6) is 0.863. The smallest absolute Gasteiger partial charge is 0.191 e. The molecule has 5 nitrogen and oxygen atoms in total. The van der Waals surface area contributed by atoms with Gasteiger partial charge in [0.2, 0.25) is 0 Å². The van der Waals surface area contributed by atoms with E-state index in [-0.39, 0.29) is 29.6 Å². The summed E-state index contributed by atoms with van der Waals surface area (Å²) in [6.07, 6.45) is 2.25. The van der Waals surface area contributed by atoms with Crippen molar-refractivity contribution in [2.24, 2.45) is 4.99 Å². The first kappa shape index (κ1) is 24.2. The molecule has 2 N–H and O–H groups in total. The highest BCUT2D eigenvalue weighted by molar-refractivity contribution is 14.0. The minimum atomic E-state index is -0.0726. The van der Waals surface area contributed by atoms with E-state index in [9.17, 15) is 0 Å². The van der Waals surface area contributed by atoms with Gasteiger partial charge in [0, 0.05) is 26.2 Å². The van der Waals surface area contributed by atoms with Crippen LogP contribution in [0.4, 0.5) is 0 Å². The predicted octanol–water partition coefficient (Wildman–Crippen LogP) is 3.77. The summed E-state index contributed by atoms with van der Waals surface area (Å²) in [6, 6.07) is 8.63. The second kappa shape index (κ2) is 12.6. The zero-order chi connectivity index (χ0) is 18.8. The second-order valence-corrected chi connectivity index (χ2v) is 7.18. The number of nitrogens with zero attached hydrogens (tertiary/aromatic N) is 2. The maximum absolute atomic E-state index is 5.87. The fraction of sp³-hybridized carbons (Fsp3) is 0.667. The molecule has 27 heavy (non-hydrogen) atoms. The fourth-order valence-electron chi connectivity index (χ4n) is 3.31. The Kier molecular flexibility index (Phi) is 11.3. The molecule has 0 spiro atoms. The standard InChI is InChI=1S/C21H36N4O.HI/c1-5-22-20(24-17-21(4)13-10-14-26-21)23-15-18-11-8-9-12-19(18)16-25(6-2)7-3;/h8-9,11-12H,5-7,10,13-17H2,1-4H3,(H2,22,23,24);1H. The Morgan fingerprint density at radius 3 is 2.44 bits per heavy atom. The summed E-state index contributed by atoms with van der Waals surface area (Å²) in [5.41, 5.74) is 2.58. The van der Waals surface area contributed by atoms with Crippen molar-refractivity contribution in [3.05, 3.63) is 35.4 Å². The Hall–Kier alpha value is -0.860. The summed E-state index contributed by atoms with van der Waals surface area (Å²) >= 11 is 0. The quantitative estimate of drug-likeness (QED) is 0.316. The first-order valence-electron chi connectivity index (χ1n) is 10.1. The zero-order valence-corrected chi connectivity index (χ0v) is 19.7. The van der Waals surface area contributed by atoms with Crippen LogP contribution in [0.25, 0.3) is 0 Å². The molecule has 0 saturated carbocycles. The van der Waals surface area contributed by atoms with Gasteiger partial charge in [0.15, 0.2) is 5.96 Å². The van der Waals surface area contributed by atoms with Crippen molar-refractivity contribution in [1.82, 2.24) is 15.5 Å². The van der Waals surface area contributed by atoms with E-state index in [0.29, 0.717) is 6.54 Å². The lowest BCUT2D eigenvalue weighted by molar-refractivity contribution is 0.0243. The van der Waals surface area contributed by atoms with Crippen molar-refractivity contribution >= 4 is 29.9 Å². The molecule has 1 aromatic rings. The van der Waals surface area contributed by atoms with Crippen LogP contribution in [0.5, 0.6) is 0 Å². The Bertz CT molecular complexity index is 569. The van der Waals surface area contributed by atoms with E-state index in [0.717, 1.165) is 58.1 Å². The third-order valence-corrected chi connectivity index (χ3v) is 5.09. The van der Waals surface area contributed by atoms with E-state index in [2.05, 4.69) is 67.5 Å². The molecule has 1 aliphatic heterocycles. The third kappa shape index (κ3) is 7.95. The lowest BCUT2D eigenvalue weighted by atomic mass is 10.0. The van der Waals surface area contributed by atoms with E-state index in [1.165, 1.54) is 11.1 Å². The molecule has 154 valence electrons. The largest absolute Gasteiger partial charge is 0.373 e. The van der Waals surface area contributed by atoms with Gasteiger partial charge in [-0.05, 0) is 50.9 Å². The molecule has 0 aromatic heterocycles. The van der Waals surface area contributed by atoms with Crippen LogP contribution < -0.4 is 10.6 Å². The van der Waals surface area contributed by atoms with Crippen LogP contribution in [0, 0.1) is 0 Å². The molecule has 1 unspecified atom stereocenters. The number of rotatable bonds is 9. The molecule has 1 aromatic carbocycles. The number of benzene rings is 1. The van der Waals surface area contributed by atoms with Crippen LogP contribution in [0.2, 0.25) is 0 Å². The number of hydrogen-bond donors (Lipinski definition) is 2. The summed E-state index contributed by atoms with van der Waals surface area (Å²) in [4.78, 5) is 7.25. The molecule has 1 fully saturated rings. The van der Waals surface area contributed by atoms with E-state index < -0.39 is 0 Å². The highest BCUT2D eigenvalue weighted by atomic mass is 127. The summed E-state index contributed by atoms with van der Waals surface area (Å²) in [5, 5.41) is 6.81. The predicted molar refractivity (Wildman–Crippen MR) is 125 cm³/mol. The van der Waals surface area contributed by atoms with E-state index >= 15 is 0 Å². The van der Waals surface area contributed by atoms with Crippen LogP contribution in [-0.2, 0) is 17.8 Å². The van der Waals surface area contributed by atoms with Gasteiger partial charge >= 0.3 is 0 Å². The van der Waals surface area contributed by atoms with Gasteiger partial charge in [-0.15, -0.1) is 24.0 Å². The molecular weight excluding hydrogens is 451 g/mol. The van der Waals surface area contributed by atoms with Crippen LogP contribution in [0.1, 0.15) is 51.7 Å². The monoisotopic (exact) mass is 488 g/mol. The first-order valence-corrected chi connectivity index (χ1v) is 10.1. The van der Waals surface area contributed by atoms with Crippen molar-refractivity contribution in [3.63, 3.8) is 0 Å². The molecule has 0 amide bonds. The molecule has 6 heteroatoms. The number of halogens is 1. The van der Waals surface area contributed by atoms with Crippen molar-refractivity contribution in [2.75, 3.05) is 32.8 Å². The summed E-state index contributed by atoms with van der Waals surface area (Å²) in [7, 11) is 0. The van der Waals surface area contributed by atoms with Gasteiger partial charge in [-0.2, -0.15) is 0 Å². The second-order valence-electron chi connectivity index (χ2n) is 7.18. The van der Waals surface area contributed by atoms with Gasteiger partial charge < -0.3 is 15.4 Å². The lowest BCUT2D eigenvalue weighted by Crippen LogP contribution is -2.45. The summed E-state index contributed by atoms with van der Waals surface area (Å²) < 4.78 is 5.87. The van der Waals surface area contributed by atoms with Crippen LogP contribution in [-0.4, -0.2) is 49.2 Å². The highest BCUT2D eigenvalue weighted by Gasteiger charge is 2.29. The minimum Gasteiger partial charge on any atom is -0.373 e. The molecule has 0 radical (unpaired) electrons. The van der Waals surface area contributed by atoms with Gasteiger partial charge in [-0.1, -0.05) is 38.1 Å². The molecule has 1 saturated heterocycles. The minimum absolute atomic E-state index is 0. The molecule has 1 aliphatic rings. The number of guanidine groups is 1. The zero-order valence-electron chi connectivity index (χ0n) is 17.4. The molecular formula is C21H37IN4O. The molecule has 2 rings (SSSR count). The average Bonchev–Trinajstić information content (AvgIpc) is 3.09. The molecule has 0 aliphatic carbocycles. The number of hydrogen-bond acceptors (Lipinski definition) is 3. The van der Waals surface area contributed by atoms with E-state index in [1.54, 1.807) is 0 Å². The van der Waals surface area contributed by atoms with Crippen LogP contribution in [0.15, 0.2) is 29.3 Å². The Balaban J connectivity index is 0.00000364. The van der Waals surface area contributed by atoms with Crippen molar-refractivity contribution < 1.29 is 4.74 Å².